The van der Waals surface area contributed by atoms with Gasteiger partial charge >= 0.3 is 5.97 Å². The lowest BCUT2D eigenvalue weighted by molar-refractivity contribution is -0.130. The zero-order valence-corrected chi connectivity index (χ0v) is 11.2. The van der Waals surface area contributed by atoms with Crippen molar-refractivity contribution in [1.82, 2.24) is 0 Å². The zero-order chi connectivity index (χ0) is 14.0. The maximum atomic E-state index is 11.9. The van der Waals surface area contributed by atoms with Gasteiger partial charge in [-0.05, 0) is 24.6 Å². The molecule has 3 heteroatoms. The summed E-state index contributed by atoms with van der Waals surface area (Å²) in [6.07, 6.45) is 10.9. The second-order valence-corrected chi connectivity index (χ2v) is 5.20. The van der Waals surface area contributed by atoms with Gasteiger partial charge in [-0.2, -0.15) is 0 Å². The molecule has 0 saturated carbocycles. The Hall–Kier alpha value is -2.42. The van der Waals surface area contributed by atoms with Crippen LogP contribution in [0.1, 0.15) is 18.9 Å². The predicted octanol–water partition coefficient (Wildman–Crippen LogP) is 3.40. The molecule has 0 N–H and O–H groups in total. The number of hydrogen-bond donors (Lipinski definition) is 0. The molecule has 0 aromatic heterocycles. The number of ether oxygens (including phenoxy) is 1. The molecule has 1 atom stereocenters. The molecule has 2 aliphatic rings. The van der Waals surface area contributed by atoms with E-state index in [-0.39, 0.29) is 11.4 Å². The minimum Gasteiger partial charge on any atom is -0.402 e. The number of cyclic esters (lactones) is 1. The molecule has 100 valence electrons. The van der Waals surface area contributed by atoms with Crippen molar-refractivity contribution in [3.63, 3.8) is 0 Å². The summed E-state index contributed by atoms with van der Waals surface area (Å²) >= 11 is 0. The fraction of sp³-hybridized carbons (Fsp3) is 0.176. The third kappa shape index (κ3) is 2.48. The van der Waals surface area contributed by atoms with Gasteiger partial charge in [0, 0.05) is 11.0 Å². The number of carbonyl (C=O) groups excluding carboxylic acids is 1. The molecule has 1 aliphatic carbocycles. The summed E-state index contributed by atoms with van der Waals surface area (Å²) in [5.74, 6) is -0.00573. The van der Waals surface area contributed by atoms with Crippen molar-refractivity contribution in [2.24, 2.45) is 10.4 Å². The summed E-state index contributed by atoms with van der Waals surface area (Å²) in [4.78, 5) is 16.3. The Morgan fingerprint density at radius 1 is 1.25 bits per heavy atom. The highest BCUT2D eigenvalue weighted by atomic mass is 16.6. The van der Waals surface area contributed by atoms with E-state index < -0.39 is 0 Å². The fourth-order valence-electron chi connectivity index (χ4n) is 2.28. The van der Waals surface area contributed by atoms with Crippen molar-refractivity contribution < 1.29 is 9.53 Å². The van der Waals surface area contributed by atoms with Gasteiger partial charge in [0.2, 0.25) is 5.90 Å². The molecular formula is C17H15NO2. The van der Waals surface area contributed by atoms with Gasteiger partial charge in [-0.15, -0.1) is 0 Å². The minimum atomic E-state index is -0.381. The molecule has 1 aliphatic heterocycles. The molecule has 0 saturated heterocycles. The molecule has 0 bridgehead atoms. The van der Waals surface area contributed by atoms with Crippen LogP contribution in [-0.4, -0.2) is 11.9 Å². The Balaban J connectivity index is 1.91. The van der Waals surface area contributed by atoms with E-state index in [0.717, 1.165) is 12.0 Å². The molecule has 1 unspecified atom stereocenters. The quantitative estimate of drug-likeness (QED) is 0.607. The van der Waals surface area contributed by atoms with Gasteiger partial charge in [0.15, 0.2) is 0 Å². The molecule has 0 spiro atoms. The van der Waals surface area contributed by atoms with Crippen LogP contribution in [0.5, 0.6) is 0 Å². The van der Waals surface area contributed by atoms with Gasteiger partial charge in [0.25, 0.3) is 0 Å². The monoisotopic (exact) mass is 265 g/mol. The number of carbonyl (C=O) groups is 1. The Labute approximate surface area is 118 Å². The van der Waals surface area contributed by atoms with E-state index in [9.17, 15) is 4.79 Å². The van der Waals surface area contributed by atoms with Crippen molar-refractivity contribution in [2.75, 3.05) is 0 Å². The first-order chi connectivity index (χ1) is 9.66. The number of aliphatic imine (C=N–C) groups is 1. The summed E-state index contributed by atoms with van der Waals surface area (Å²) in [6.45, 7) is 2.07. The van der Waals surface area contributed by atoms with E-state index in [1.807, 2.05) is 48.6 Å². The van der Waals surface area contributed by atoms with Crippen molar-refractivity contribution in [3.05, 3.63) is 72.0 Å². The molecule has 0 radical (unpaired) electrons. The Morgan fingerprint density at radius 2 is 2.05 bits per heavy atom. The molecule has 1 aromatic carbocycles. The van der Waals surface area contributed by atoms with Crippen LogP contribution >= 0.6 is 0 Å². The van der Waals surface area contributed by atoms with Crippen LogP contribution in [0.2, 0.25) is 0 Å². The van der Waals surface area contributed by atoms with Crippen LogP contribution in [0.4, 0.5) is 0 Å². The number of allylic oxidation sites excluding steroid dienone is 5. The van der Waals surface area contributed by atoms with E-state index >= 15 is 0 Å². The molecule has 1 aromatic rings. The summed E-state index contributed by atoms with van der Waals surface area (Å²) in [5.41, 5.74) is 1.01. The lowest BCUT2D eigenvalue weighted by atomic mass is 9.83. The highest BCUT2D eigenvalue weighted by Crippen LogP contribution is 2.31. The number of benzene rings is 1. The average Bonchev–Trinajstić information content (AvgIpc) is 2.81. The third-order valence-electron chi connectivity index (χ3n) is 3.39. The average molecular weight is 265 g/mol. The van der Waals surface area contributed by atoms with Crippen LogP contribution < -0.4 is 0 Å². The highest BCUT2D eigenvalue weighted by molar-refractivity contribution is 6.11. The minimum absolute atomic E-state index is 0.182. The van der Waals surface area contributed by atoms with E-state index in [0.29, 0.717) is 11.6 Å². The van der Waals surface area contributed by atoms with E-state index in [4.69, 9.17) is 4.74 Å². The Kier molecular flexibility index (Phi) is 3.11. The Morgan fingerprint density at radius 3 is 2.75 bits per heavy atom. The van der Waals surface area contributed by atoms with E-state index in [1.165, 1.54) is 0 Å². The lowest BCUT2D eigenvalue weighted by Gasteiger charge is -2.21. The molecule has 1 heterocycles. The molecule has 0 fully saturated rings. The molecule has 0 amide bonds. The largest absolute Gasteiger partial charge is 0.402 e. The van der Waals surface area contributed by atoms with Crippen molar-refractivity contribution in [3.8, 4) is 0 Å². The number of nitrogens with zero attached hydrogens (tertiary/aromatic N) is 1. The SMILES string of the molecule is CC1(/C=C2\N=C(c3ccccc3)OC2=O)C=CC=CC1. The van der Waals surface area contributed by atoms with Crippen molar-refractivity contribution >= 4 is 11.9 Å². The summed E-state index contributed by atoms with van der Waals surface area (Å²) in [6, 6.07) is 9.45. The second kappa shape index (κ2) is 4.93. The van der Waals surface area contributed by atoms with Crippen LogP contribution in [0.3, 0.4) is 0 Å². The standard InChI is InChI=1S/C17H15NO2/c1-17(10-6-3-7-11-17)12-14-16(19)20-15(18-14)13-8-4-2-5-9-13/h2-10,12H,11H2,1H3/b14-12-. The van der Waals surface area contributed by atoms with Gasteiger partial charge in [-0.25, -0.2) is 9.79 Å². The van der Waals surface area contributed by atoms with E-state index in [1.54, 1.807) is 0 Å². The maximum Gasteiger partial charge on any atom is 0.363 e. The molecule has 3 rings (SSSR count). The van der Waals surface area contributed by atoms with Gasteiger partial charge in [-0.1, -0.05) is 49.4 Å². The number of hydrogen-bond acceptors (Lipinski definition) is 3. The van der Waals surface area contributed by atoms with Gasteiger partial charge < -0.3 is 4.74 Å². The van der Waals surface area contributed by atoms with E-state index in [2.05, 4.69) is 24.1 Å². The summed E-state index contributed by atoms with van der Waals surface area (Å²) in [5, 5.41) is 0. The topological polar surface area (TPSA) is 38.7 Å². The van der Waals surface area contributed by atoms with Gasteiger partial charge in [-0.3, -0.25) is 0 Å². The van der Waals surface area contributed by atoms with Crippen LogP contribution in [0.25, 0.3) is 0 Å². The first-order valence-corrected chi connectivity index (χ1v) is 6.60. The first-order valence-electron chi connectivity index (χ1n) is 6.60. The second-order valence-electron chi connectivity index (χ2n) is 5.20. The smallest absolute Gasteiger partial charge is 0.363 e. The fourth-order valence-corrected chi connectivity index (χ4v) is 2.28. The molecular weight excluding hydrogens is 250 g/mol. The van der Waals surface area contributed by atoms with Crippen LogP contribution in [-0.2, 0) is 9.53 Å². The van der Waals surface area contributed by atoms with Crippen molar-refractivity contribution in [2.45, 2.75) is 13.3 Å². The summed E-state index contributed by atoms with van der Waals surface area (Å²) < 4.78 is 5.25. The number of rotatable bonds is 2. The van der Waals surface area contributed by atoms with Gasteiger partial charge in [0.05, 0.1) is 0 Å². The predicted molar refractivity (Wildman–Crippen MR) is 78.2 cm³/mol. The number of esters is 1. The third-order valence-corrected chi connectivity index (χ3v) is 3.39. The molecule has 3 nitrogen and oxygen atoms in total. The van der Waals surface area contributed by atoms with Gasteiger partial charge in [0.1, 0.15) is 5.70 Å². The first kappa shape index (κ1) is 12.6. The van der Waals surface area contributed by atoms with Crippen LogP contribution in [0, 0.1) is 5.41 Å². The zero-order valence-electron chi connectivity index (χ0n) is 11.2. The molecule has 20 heavy (non-hydrogen) atoms. The maximum absolute atomic E-state index is 11.9. The Bertz CT molecular complexity index is 653. The van der Waals surface area contributed by atoms with Crippen LogP contribution in [0.15, 0.2) is 71.4 Å². The lowest BCUT2D eigenvalue weighted by Crippen LogP contribution is -2.12. The van der Waals surface area contributed by atoms with Crippen molar-refractivity contribution in [1.29, 1.82) is 0 Å². The summed E-state index contributed by atoms with van der Waals surface area (Å²) in [7, 11) is 0. The highest BCUT2D eigenvalue weighted by Gasteiger charge is 2.28. The normalized spacial score (nSPS) is 26.8.